The molecule has 0 aliphatic rings. The Morgan fingerprint density at radius 3 is 1.74 bits per heavy atom. The molecule has 212 valence electrons. The number of hydrogen-bond donors (Lipinski definition) is 0. The molecule has 0 aliphatic heterocycles. The molecule has 2 aromatic carbocycles. The average molecular weight is 564 g/mol. The van der Waals surface area contributed by atoms with E-state index in [1.54, 1.807) is 73.6 Å². The summed E-state index contributed by atoms with van der Waals surface area (Å²) >= 11 is 6.06. The van der Waals surface area contributed by atoms with Crippen LogP contribution in [-0.4, -0.2) is 40.0 Å². The van der Waals surface area contributed by atoms with Crippen LogP contribution in [0.2, 0.25) is 5.02 Å². The lowest BCUT2D eigenvalue weighted by Gasteiger charge is -2.32. The van der Waals surface area contributed by atoms with E-state index in [1.807, 2.05) is 0 Å². The zero-order chi connectivity index (χ0) is 29.9. The first-order chi connectivity index (χ1) is 17.7. The Labute approximate surface area is 233 Å². The van der Waals surface area contributed by atoms with Gasteiger partial charge >= 0.3 is 12.2 Å². The second kappa shape index (κ2) is 11.9. The highest BCUT2D eigenvalue weighted by Crippen LogP contribution is 2.34. The molecular formula is C30H36ClF2NO5. The van der Waals surface area contributed by atoms with Crippen molar-refractivity contribution in [2.24, 2.45) is 0 Å². The number of allylic oxidation sites excluding steroid dienone is 2. The lowest BCUT2D eigenvalue weighted by Crippen LogP contribution is -2.44. The molecule has 1 atom stereocenters. The summed E-state index contributed by atoms with van der Waals surface area (Å²) in [5.74, 6) is -3.94. The molecule has 1 unspecified atom stereocenters. The van der Waals surface area contributed by atoms with Crippen molar-refractivity contribution in [2.75, 3.05) is 0 Å². The Kier molecular flexibility index (Phi) is 9.72. The van der Waals surface area contributed by atoms with Gasteiger partial charge in [0, 0.05) is 23.1 Å². The van der Waals surface area contributed by atoms with E-state index in [0.717, 1.165) is 17.9 Å². The first kappa shape index (κ1) is 32.0. The monoisotopic (exact) mass is 563 g/mol. The number of halogens is 3. The molecule has 0 saturated carbocycles. The highest BCUT2D eigenvalue weighted by molar-refractivity contribution is 6.30. The number of rotatable bonds is 6. The number of ketones is 1. The number of carbonyl (C=O) groups is 3. The Morgan fingerprint density at radius 1 is 0.846 bits per heavy atom. The molecule has 0 aromatic heterocycles. The van der Waals surface area contributed by atoms with Gasteiger partial charge in [-0.25, -0.2) is 23.3 Å². The number of nitrogens with zero attached hydrogens (tertiary/aromatic N) is 1. The van der Waals surface area contributed by atoms with E-state index in [2.05, 4.69) is 0 Å². The summed E-state index contributed by atoms with van der Waals surface area (Å²) in [5.41, 5.74) is -0.710. The van der Waals surface area contributed by atoms with E-state index < -0.39 is 46.7 Å². The van der Waals surface area contributed by atoms with Crippen molar-refractivity contribution < 1.29 is 32.6 Å². The van der Waals surface area contributed by atoms with E-state index in [9.17, 15) is 23.2 Å². The third-order valence-corrected chi connectivity index (χ3v) is 5.57. The molecule has 0 heterocycles. The SMILES string of the molecule is Cc1cc(Cl)cc(C(=CC(=O)c2ccc(C(C)N(C(=O)OC(C)(C)C)C(=O)OC(C)(C)C)cc2)C(C)(F)F)c1. The molecule has 39 heavy (non-hydrogen) atoms. The van der Waals surface area contributed by atoms with Crippen molar-refractivity contribution in [3.8, 4) is 0 Å². The van der Waals surface area contributed by atoms with Crippen LogP contribution in [0, 0.1) is 6.92 Å². The van der Waals surface area contributed by atoms with Crippen LogP contribution in [0.3, 0.4) is 0 Å². The van der Waals surface area contributed by atoms with Crippen LogP contribution >= 0.6 is 11.6 Å². The van der Waals surface area contributed by atoms with Crippen molar-refractivity contribution in [3.05, 3.63) is 75.8 Å². The normalized spacial score (nSPS) is 13.5. The van der Waals surface area contributed by atoms with E-state index in [0.29, 0.717) is 11.1 Å². The van der Waals surface area contributed by atoms with E-state index in [-0.39, 0.29) is 16.1 Å². The minimum Gasteiger partial charge on any atom is -0.443 e. The lowest BCUT2D eigenvalue weighted by atomic mass is 9.95. The van der Waals surface area contributed by atoms with Crippen molar-refractivity contribution >= 4 is 35.1 Å². The fourth-order valence-corrected chi connectivity index (χ4v) is 3.95. The molecular weight excluding hydrogens is 528 g/mol. The Hall–Kier alpha value is -3.26. The maximum Gasteiger partial charge on any atom is 0.420 e. The summed E-state index contributed by atoms with van der Waals surface area (Å²) in [6.45, 7) is 14.1. The van der Waals surface area contributed by atoms with E-state index in [4.69, 9.17) is 21.1 Å². The van der Waals surface area contributed by atoms with Gasteiger partial charge in [-0.1, -0.05) is 41.9 Å². The van der Waals surface area contributed by atoms with Crippen molar-refractivity contribution in [3.63, 3.8) is 0 Å². The number of carbonyl (C=O) groups excluding carboxylic acids is 3. The molecule has 2 aromatic rings. The Balaban J connectivity index is 2.42. The quantitative estimate of drug-likeness (QED) is 0.259. The molecule has 0 radical (unpaired) electrons. The van der Waals surface area contributed by atoms with Gasteiger partial charge in [0.15, 0.2) is 5.78 Å². The van der Waals surface area contributed by atoms with Gasteiger partial charge in [-0.3, -0.25) is 4.79 Å². The van der Waals surface area contributed by atoms with Gasteiger partial charge in [-0.2, -0.15) is 0 Å². The fraction of sp³-hybridized carbons (Fsp3) is 0.433. The Bertz CT molecular complexity index is 1200. The molecule has 2 rings (SSSR count). The predicted molar refractivity (Wildman–Crippen MR) is 148 cm³/mol. The van der Waals surface area contributed by atoms with Crippen molar-refractivity contribution in [1.29, 1.82) is 0 Å². The second-order valence-electron chi connectivity index (χ2n) is 11.5. The predicted octanol–water partition coefficient (Wildman–Crippen LogP) is 8.80. The number of aryl methyl sites for hydroxylation is 1. The lowest BCUT2D eigenvalue weighted by molar-refractivity contribution is -0.00613. The summed E-state index contributed by atoms with van der Waals surface area (Å²) < 4.78 is 39.8. The highest BCUT2D eigenvalue weighted by atomic mass is 35.5. The summed E-state index contributed by atoms with van der Waals surface area (Å²) in [5, 5.41) is 0.283. The maximum atomic E-state index is 14.5. The van der Waals surface area contributed by atoms with Crippen LogP contribution in [0.4, 0.5) is 18.4 Å². The fourth-order valence-electron chi connectivity index (χ4n) is 3.66. The smallest absolute Gasteiger partial charge is 0.420 e. The van der Waals surface area contributed by atoms with Crippen LogP contribution in [0.5, 0.6) is 0 Å². The van der Waals surface area contributed by atoms with Crippen LogP contribution in [0.1, 0.15) is 88.5 Å². The second-order valence-corrected chi connectivity index (χ2v) is 11.9. The van der Waals surface area contributed by atoms with Gasteiger partial charge < -0.3 is 9.47 Å². The zero-order valence-electron chi connectivity index (χ0n) is 23.8. The van der Waals surface area contributed by atoms with Gasteiger partial charge in [0.2, 0.25) is 0 Å². The van der Waals surface area contributed by atoms with E-state index >= 15 is 0 Å². The van der Waals surface area contributed by atoms with Crippen molar-refractivity contribution in [1.82, 2.24) is 4.90 Å². The summed E-state index contributed by atoms with van der Waals surface area (Å²) in [7, 11) is 0. The minimum absolute atomic E-state index is 0.146. The average Bonchev–Trinajstić information content (AvgIpc) is 2.73. The number of benzene rings is 2. The molecule has 0 aliphatic carbocycles. The number of hydrogen-bond acceptors (Lipinski definition) is 5. The largest absolute Gasteiger partial charge is 0.443 e. The summed E-state index contributed by atoms with van der Waals surface area (Å²) in [4.78, 5) is 39.7. The van der Waals surface area contributed by atoms with Crippen LogP contribution < -0.4 is 0 Å². The van der Waals surface area contributed by atoms with Gasteiger partial charge in [-0.05, 0) is 90.3 Å². The number of ether oxygens (including phenoxy) is 2. The summed E-state index contributed by atoms with van der Waals surface area (Å²) in [6, 6.07) is 9.72. The van der Waals surface area contributed by atoms with Crippen molar-refractivity contribution in [2.45, 2.75) is 85.5 Å². The first-order valence-corrected chi connectivity index (χ1v) is 12.8. The van der Waals surface area contributed by atoms with Crippen LogP contribution in [0.15, 0.2) is 48.5 Å². The molecule has 6 nitrogen and oxygen atoms in total. The number of imide groups is 1. The minimum atomic E-state index is -3.30. The van der Waals surface area contributed by atoms with Crippen LogP contribution in [-0.2, 0) is 9.47 Å². The topological polar surface area (TPSA) is 72.9 Å². The van der Waals surface area contributed by atoms with Crippen LogP contribution in [0.25, 0.3) is 5.57 Å². The highest BCUT2D eigenvalue weighted by Gasteiger charge is 2.35. The molecule has 0 N–H and O–H groups in total. The molecule has 0 spiro atoms. The van der Waals surface area contributed by atoms with Gasteiger partial charge in [0.1, 0.15) is 11.2 Å². The zero-order valence-corrected chi connectivity index (χ0v) is 24.6. The molecule has 0 fully saturated rings. The van der Waals surface area contributed by atoms with E-state index in [1.165, 1.54) is 24.3 Å². The maximum absolute atomic E-state index is 14.5. The third kappa shape index (κ3) is 9.46. The number of amides is 2. The van der Waals surface area contributed by atoms with Gasteiger partial charge in [0.05, 0.1) is 6.04 Å². The van der Waals surface area contributed by atoms with Gasteiger partial charge in [-0.15, -0.1) is 0 Å². The number of alkyl halides is 2. The van der Waals surface area contributed by atoms with Gasteiger partial charge in [0.25, 0.3) is 5.92 Å². The Morgan fingerprint density at radius 2 is 1.33 bits per heavy atom. The molecule has 2 amide bonds. The standard InChI is InChI=1S/C30H36ClF2NO5/c1-18-14-22(16-23(31)15-18)24(30(9,32)33)17-25(35)21-12-10-20(11-13-21)19(2)34(26(36)38-28(3,4)5)27(37)39-29(6,7)8/h10-17,19H,1-9H3. The molecule has 0 saturated heterocycles. The first-order valence-electron chi connectivity index (χ1n) is 12.4. The molecule has 9 heteroatoms. The third-order valence-electron chi connectivity index (χ3n) is 5.35. The summed E-state index contributed by atoms with van der Waals surface area (Å²) in [6.07, 6.45) is -0.880. The molecule has 0 bridgehead atoms.